The minimum Gasteiger partial charge on any atom is -0.262 e. The Kier molecular flexibility index (Phi) is 3.85. The molecule has 0 fully saturated rings. The Morgan fingerprint density at radius 3 is 2.21 bits per heavy atom. The Morgan fingerprint density at radius 2 is 1.42 bits per heavy atom. The Morgan fingerprint density at radius 1 is 0.750 bits per heavy atom. The van der Waals surface area contributed by atoms with Gasteiger partial charge < -0.3 is 0 Å². The summed E-state index contributed by atoms with van der Waals surface area (Å²) in [5.74, 6) is 0. The maximum absolute atomic E-state index is 6.14. The van der Waals surface area contributed by atoms with Gasteiger partial charge in [0.2, 0.25) is 0 Å². The second-order valence-electron chi connectivity index (χ2n) is 5.90. The number of anilines is 2. The molecule has 0 bridgehead atoms. The molecule has 1 N–H and O–H groups in total. The highest BCUT2D eigenvalue weighted by Gasteiger charge is 2.15. The fourth-order valence-electron chi connectivity index (χ4n) is 3.20. The fraction of sp³-hybridized carbons (Fsp3) is 0.0476. The number of aryl methyl sites for hydroxylation is 1. The van der Waals surface area contributed by atoms with Crippen molar-refractivity contribution >= 4 is 44.7 Å². The van der Waals surface area contributed by atoms with Crippen molar-refractivity contribution in [2.24, 2.45) is 0 Å². The van der Waals surface area contributed by atoms with Crippen LogP contribution in [-0.2, 0) is 0 Å². The van der Waals surface area contributed by atoms with Gasteiger partial charge in [0.1, 0.15) is 0 Å². The number of hydrogen-bond acceptors (Lipinski definition) is 2. The van der Waals surface area contributed by atoms with E-state index in [1.807, 2.05) is 11.1 Å². The summed E-state index contributed by atoms with van der Waals surface area (Å²) in [6.07, 6.45) is 0. The lowest BCUT2D eigenvalue weighted by atomic mass is 10.0. The highest BCUT2D eigenvalue weighted by atomic mass is 35.5. The monoisotopic (exact) mass is 332 g/mol. The SMILES string of the molecule is Cc1ccc2ccccc2c1N(NCl)c1ccc2ccccc2c1. The third kappa shape index (κ3) is 2.50. The van der Waals surface area contributed by atoms with E-state index in [1.54, 1.807) is 0 Å². The fourth-order valence-corrected chi connectivity index (χ4v) is 3.38. The molecule has 2 nitrogen and oxygen atoms in total. The Bertz CT molecular complexity index is 1030. The molecule has 3 heteroatoms. The second kappa shape index (κ2) is 6.16. The van der Waals surface area contributed by atoms with Gasteiger partial charge in [-0.3, -0.25) is 5.01 Å². The summed E-state index contributed by atoms with van der Waals surface area (Å²) >= 11 is 6.14. The third-order valence-corrected chi connectivity index (χ3v) is 4.57. The van der Waals surface area contributed by atoms with Crippen LogP contribution in [0.25, 0.3) is 21.5 Å². The first-order chi connectivity index (χ1) is 11.8. The number of hydrazine groups is 1. The third-order valence-electron chi connectivity index (χ3n) is 4.40. The minimum absolute atomic E-state index is 1.00. The van der Waals surface area contributed by atoms with E-state index in [0.717, 1.165) is 16.9 Å². The van der Waals surface area contributed by atoms with Crippen LogP contribution < -0.4 is 9.95 Å². The Balaban J connectivity index is 1.93. The van der Waals surface area contributed by atoms with E-state index in [9.17, 15) is 0 Å². The molecular weight excluding hydrogens is 316 g/mol. The maximum atomic E-state index is 6.14. The van der Waals surface area contributed by atoms with Crippen molar-refractivity contribution < 1.29 is 0 Å². The molecule has 0 atom stereocenters. The van der Waals surface area contributed by atoms with Gasteiger partial charge in [-0.25, -0.2) is 0 Å². The lowest BCUT2D eigenvalue weighted by Gasteiger charge is -2.25. The molecule has 24 heavy (non-hydrogen) atoms. The quantitative estimate of drug-likeness (QED) is 0.360. The molecule has 0 aliphatic heterocycles. The predicted molar refractivity (Wildman–Crippen MR) is 104 cm³/mol. The van der Waals surface area contributed by atoms with Crippen LogP contribution in [-0.4, -0.2) is 0 Å². The van der Waals surface area contributed by atoms with Gasteiger partial charge in [0.25, 0.3) is 0 Å². The van der Waals surface area contributed by atoms with Crippen molar-refractivity contribution in [1.82, 2.24) is 4.94 Å². The summed E-state index contributed by atoms with van der Waals surface area (Å²) in [5.41, 5.74) is 3.23. The number of halogens is 1. The summed E-state index contributed by atoms with van der Waals surface area (Å²) in [4.78, 5) is 2.84. The van der Waals surface area contributed by atoms with E-state index in [4.69, 9.17) is 11.8 Å². The smallest absolute Gasteiger partial charge is 0.0698 e. The molecule has 0 spiro atoms. The topological polar surface area (TPSA) is 15.3 Å². The van der Waals surface area contributed by atoms with Gasteiger partial charge in [0.05, 0.1) is 11.4 Å². The van der Waals surface area contributed by atoms with Crippen molar-refractivity contribution in [3.8, 4) is 0 Å². The van der Waals surface area contributed by atoms with Gasteiger partial charge in [0.15, 0.2) is 0 Å². The van der Waals surface area contributed by atoms with E-state index in [1.165, 1.54) is 21.5 Å². The van der Waals surface area contributed by atoms with Crippen LogP contribution in [0.5, 0.6) is 0 Å². The molecular formula is C21H17ClN2. The van der Waals surface area contributed by atoms with Crippen LogP contribution in [0.15, 0.2) is 78.9 Å². The zero-order valence-corrected chi connectivity index (χ0v) is 14.1. The molecule has 4 aromatic rings. The van der Waals surface area contributed by atoms with E-state index in [2.05, 4.69) is 84.7 Å². The predicted octanol–water partition coefficient (Wildman–Crippen LogP) is 6.10. The first-order valence-electron chi connectivity index (χ1n) is 7.91. The van der Waals surface area contributed by atoms with Crippen LogP contribution in [0, 0.1) is 6.92 Å². The normalized spacial score (nSPS) is 11.1. The number of rotatable bonds is 3. The molecule has 4 rings (SSSR count). The van der Waals surface area contributed by atoms with Crippen molar-refractivity contribution in [2.75, 3.05) is 5.01 Å². The number of nitrogens with zero attached hydrogens (tertiary/aromatic N) is 1. The average molecular weight is 333 g/mol. The summed E-state index contributed by atoms with van der Waals surface area (Å²) in [6.45, 7) is 2.10. The first-order valence-corrected chi connectivity index (χ1v) is 8.29. The Labute approximate surface area is 146 Å². The molecule has 4 aromatic carbocycles. The lowest BCUT2D eigenvalue weighted by molar-refractivity contribution is 0.981. The first kappa shape index (κ1) is 15.0. The number of hydrogen-bond donors (Lipinski definition) is 1. The van der Waals surface area contributed by atoms with Crippen LogP contribution in [0.3, 0.4) is 0 Å². The average Bonchev–Trinajstić information content (AvgIpc) is 2.64. The molecule has 118 valence electrons. The second-order valence-corrected chi connectivity index (χ2v) is 6.07. The van der Waals surface area contributed by atoms with Gasteiger partial charge in [-0.15, -0.1) is 4.94 Å². The Hall–Kier alpha value is -2.55. The summed E-state index contributed by atoms with van der Waals surface area (Å²) < 4.78 is 0. The van der Waals surface area contributed by atoms with Crippen molar-refractivity contribution in [2.45, 2.75) is 6.92 Å². The molecule has 0 heterocycles. The highest BCUT2D eigenvalue weighted by Crippen LogP contribution is 2.35. The van der Waals surface area contributed by atoms with Crippen molar-refractivity contribution in [1.29, 1.82) is 0 Å². The lowest BCUT2D eigenvalue weighted by Crippen LogP contribution is -2.26. The van der Waals surface area contributed by atoms with Crippen LogP contribution in [0.1, 0.15) is 5.56 Å². The van der Waals surface area contributed by atoms with Crippen LogP contribution in [0.4, 0.5) is 11.4 Å². The maximum Gasteiger partial charge on any atom is 0.0698 e. The van der Waals surface area contributed by atoms with Crippen molar-refractivity contribution in [3.63, 3.8) is 0 Å². The van der Waals surface area contributed by atoms with Gasteiger partial charge in [-0.1, -0.05) is 66.7 Å². The summed E-state index contributed by atoms with van der Waals surface area (Å²) in [5, 5.41) is 6.69. The van der Waals surface area contributed by atoms with Crippen molar-refractivity contribution in [3.05, 3.63) is 84.4 Å². The zero-order valence-electron chi connectivity index (χ0n) is 13.3. The van der Waals surface area contributed by atoms with Crippen LogP contribution in [0.2, 0.25) is 0 Å². The van der Waals surface area contributed by atoms with E-state index >= 15 is 0 Å². The summed E-state index contributed by atoms with van der Waals surface area (Å²) in [6, 6.07) is 27.3. The molecule has 0 aromatic heterocycles. The van der Waals surface area contributed by atoms with E-state index in [-0.39, 0.29) is 0 Å². The number of nitrogens with one attached hydrogen (secondary N) is 1. The molecule has 0 amide bonds. The number of fused-ring (bicyclic) bond motifs is 2. The van der Waals surface area contributed by atoms with E-state index in [0.29, 0.717) is 0 Å². The minimum atomic E-state index is 1.00. The molecule has 0 saturated carbocycles. The summed E-state index contributed by atoms with van der Waals surface area (Å²) in [7, 11) is 0. The van der Waals surface area contributed by atoms with Gasteiger partial charge in [-0.2, -0.15) is 0 Å². The molecule has 0 saturated heterocycles. The number of benzene rings is 4. The molecule has 0 aliphatic carbocycles. The van der Waals surface area contributed by atoms with Crippen LogP contribution >= 0.6 is 11.8 Å². The molecule has 0 aliphatic rings. The molecule has 0 unspecified atom stereocenters. The van der Waals surface area contributed by atoms with Gasteiger partial charge >= 0.3 is 0 Å². The largest absolute Gasteiger partial charge is 0.262 e. The van der Waals surface area contributed by atoms with E-state index < -0.39 is 0 Å². The standard InChI is InChI=1S/C21H17ClN2/c1-15-10-11-17-7-4-5-9-20(17)21(15)24(23-22)19-13-12-16-6-2-3-8-18(16)14-19/h2-14,23H,1H3. The highest BCUT2D eigenvalue weighted by molar-refractivity contribution is 6.15. The zero-order chi connectivity index (χ0) is 16.5. The van der Waals surface area contributed by atoms with Gasteiger partial charge in [-0.05, 0) is 52.6 Å². The molecule has 0 radical (unpaired) electrons. The van der Waals surface area contributed by atoms with Gasteiger partial charge in [0, 0.05) is 5.39 Å².